The van der Waals surface area contributed by atoms with Crippen LogP contribution in [0.15, 0.2) is 18.2 Å². The van der Waals surface area contributed by atoms with Gasteiger partial charge in [-0.05, 0) is 19.1 Å². The number of nitrogens with one attached hydrogen (secondary N) is 2. The van der Waals surface area contributed by atoms with E-state index in [0.717, 1.165) is 6.07 Å². The van der Waals surface area contributed by atoms with E-state index < -0.39 is 17.8 Å². The molecular formula is C12H14ClFN2O3. The van der Waals surface area contributed by atoms with Crippen molar-refractivity contribution in [1.29, 1.82) is 0 Å². The number of halogens is 2. The van der Waals surface area contributed by atoms with Gasteiger partial charge in [0.25, 0.3) is 0 Å². The number of imide groups is 1. The number of benzene rings is 1. The second kappa shape index (κ2) is 7.58. The monoisotopic (exact) mass is 288 g/mol. The van der Waals surface area contributed by atoms with Crippen molar-refractivity contribution in [3.8, 4) is 5.75 Å². The third-order valence-corrected chi connectivity index (χ3v) is 2.25. The Morgan fingerprint density at radius 2 is 2.16 bits per heavy atom. The van der Waals surface area contributed by atoms with E-state index in [0.29, 0.717) is 6.61 Å². The summed E-state index contributed by atoms with van der Waals surface area (Å²) in [7, 11) is 0. The number of ether oxygens (including phenoxy) is 1. The molecule has 0 spiro atoms. The summed E-state index contributed by atoms with van der Waals surface area (Å²) in [6.45, 7) is 2.08. The molecule has 0 unspecified atom stereocenters. The minimum Gasteiger partial charge on any atom is -0.491 e. The van der Waals surface area contributed by atoms with Gasteiger partial charge in [-0.1, -0.05) is 0 Å². The lowest BCUT2D eigenvalue weighted by molar-refractivity contribution is -0.119. The molecule has 0 saturated heterocycles. The SMILES string of the molecule is CCOc1ccc(NC(=O)NC(=O)CCCl)cc1F. The van der Waals surface area contributed by atoms with Crippen LogP contribution in [0.4, 0.5) is 14.9 Å². The van der Waals surface area contributed by atoms with Crippen molar-refractivity contribution in [3.05, 3.63) is 24.0 Å². The zero-order valence-electron chi connectivity index (χ0n) is 10.3. The molecule has 1 aromatic rings. The Kier molecular flexibility index (Phi) is 6.08. The number of rotatable bonds is 5. The summed E-state index contributed by atoms with van der Waals surface area (Å²) in [6.07, 6.45) is 0.0343. The van der Waals surface area contributed by atoms with Crippen LogP contribution in [-0.4, -0.2) is 24.4 Å². The van der Waals surface area contributed by atoms with Crippen molar-refractivity contribution in [2.24, 2.45) is 0 Å². The Morgan fingerprint density at radius 1 is 1.42 bits per heavy atom. The molecule has 0 heterocycles. The first-order valence-electron chi connectivity index (χ1n) is 5.66. The molecule has 3 amide bonds. The largest absolute Gasteiger partial charge is 0.491 e. The molecule has 7 heteroatoms. The van der Waals surface area contributed by atoms with Gasteiger partial charge in [0.05, 0.1) is 6.61 Å². The standard InChI is InChI=1S/C12H14ClFN2O3/c1-2-19-10-4-3-8(7-9(10)14)15-12(18)16-11(17)5-6-13/h3-4,7H,2,5-6H2,1H3,(H2,15,16,17,18). The van der Waals surface area contributed by atoms with Crippen molar-refractivity contribution in [1.82, 2.24) is 5.32 Å². The van der Waals surface area contributed by atoms with Crippen LogP contribution in [0.1, 0.15) is 13.3 Å². The van der Waals surface area contributed by atoms with Gasteiger partial charge in [0.15, 0.2) is 11.6 Å². The van der Waals surface area contributed by atoms with Crippen LogP contribution in [0, 0.1) is 5.82 Å². The normalized spacial score (nSPS) is 9.84. The quantitative estimate of drug-likeness (QED) is 0.818. The average molecular weight is 289 g/mol. The Balaban J connectivity index is 2.60. The molecule has 0 aliphatic heterocycles. The molecular weight excluding hydrogens is 275 g/mol. The summed E-state index contributed by atoms with van der Waals surface area (Å²) < 4.78 is 18.5. The van der Waals surface area contributed by atoms with Gasteiger partial charge < -0.3 is 10.1 Å². The van der Waals surface area contributed by atoms with E-state index in [1.807, 2.05) is 0 Å². The van der Waals surface area contributed by atoms with Crippen molar-refractivity contribution in [2.45, 2.75) is 13.3 Å². The van der Waals surface area contributed by atoms with E-state index in [2.05, 4.69) is 10.6 Å². The maximum atomic E-state index is 13.5. The molecule has 0 aliphatic carbocycles. The molecule has 0 saturated carbocycles. The van der Waals surface area contributed by atoms with Crippen molar-refractivity contribution in [2.75, 3.05) is 17.8 Å². The highest BCUT2D eigenvalue weighted by molar-refractivity contribution is 6.19. The van der Waals surface area contributed by atoms with Gasteiger partial charge in [-0.25, -0.2) is 9.18 Å². The second-order valence-corrected chi connectivity index (χ2v) is 3.90. The third kappa shape index (κ3) is 5.13. The maximum absolute atomic E-state index is 13.5. The predicted octanol–water partition coefficient (Wildman–Crippen LogP) is 2.50. The van der Waals surface area contributed by atoms with Gasteiger partial charge in [0.1, 0.15) is 0 Å². The Hall–Kier alpha value is -1.82. The lowest BCUT2D eigenvalue weighted by Crippen LogP contribution is -2.34. The third-order valence-electron chi connectivity index (χ3n) is 2.06. The maximum Gasteiger partial charge on any atom is 0.325 e. The van der Waals surface area contributed by atoms with Crippen molar-refractivity contribution >= 4 is 29.2 Å². The van der Waals surface area contributed by atoms with E-state index in [-0.39, 0.29) is 23.7 Å². The molecule has 0 fully saturated rings. The van der Waals surface area contributed by atoms with Crippen LogP contribution in [0.3, 0.4) is 0 Å². The topological polar surface area (TPSA) is 67.4 Å². The van der Waals surface area contributed by atoms with Crippen molar-refractivity contribution in [3.63, 3.8) is 0 Å². The van der Waals surface area contributed by atoms with Crippen LogP contribution in [0.5, 0.6) is 5.75 Å². The van der Waals surface area contributed by atoms with Crippen molar-refractivity contribution < 1.29 is 18.7 Å². The summed E-state index contributed by atoms with van der Waals surface area (Å²) in [5.74, 6) is -0.867. The number of alkyl halides is 1. The Morgan fingerprint density at radius 3 is 2.74 bits per heavy atom. The summed E-state index contributed by atoms with van der Waals surface area (Å²) in [5.41, 5.74) is 0.220. The molecule has 5 nitrogen and oxygen atoms in total. The first-order chi connectivity index (χ1) is 9.06. The Bertz CT molecular complexity index is 468. The fourth-order valence-corrected chi connectivity index (χ4v) is 1.46. The summed E-state index contributed by atoms with van der Waals surface area (Å²) in [6, 6.07) is 3.24. The fraction of sp³-hybridized carbons (Fsp3) is 0.333. The lowest BCUT2D eigenvalue weighted by atomic mass is 10.3. The minimum atomic E-state index is -0.737. The first-order valence-corrected chi connectivity index (χ1v) is 6.19. The molecule has 2 N–H and O–H groups in total. The smallest absolute Gasteiger partial charge is 0.325 e. The molecule has 0 radical (unpaired) electrons. The fourth-order valence-electron chi connectivity index (χ4n) is 1.29. The zero-order chi connectivity index (χ0) is 14.3. The van der Waals surface area contributed by atoms with Crippen LogP contribution < -0.4 is 15.4 Å². The number of anilines is 1. The van der Waals surface area contributed by atoms with Gasteiger partial charge in [-0.3, -0.25) is 10.1 Å². The minimum absolute atomic E-state index is 0.0343. The molecule has 19 heavy (non-hydrogen) atoms. The number of hydrogen-bond donors (Lipinski definition) is 2. The van der Waals surface area contributed by atoms with Gasteiger partial charge in [0, 0.05) is 24.1 Å². The lowest BCUT2D eigenvalue weighted by Gasteiger charge is -2.08. The molecule has 104 valence electrons. The van der Waals surface area contributed by atoms with E-state index >= 15 is 0 Å². The highest BCUT2D eigenvalue weighted by Crippen LogP contribution is 2.20. The van der Waals surface area contributed by atoms with E-state index in [9.17, 15) is 14.0 Å². The number of carbonyl (C=O) groups is 2. The van der Waals surface area contributed by atoms with E-state index in [4.69, 9.17) is 16.3 Å². The van der Waals surface area contributed by atoms with E-state index in [1.54, 1.807) is 6.92 Å². The molecule has 0 bridgehead atoms. The first kappa shape index (κ1) is 15.2. The molecule has 0 aromatic heterocycles. The van der Waals surface area contributed by atoms with Crippen LogP contribution >= 0.6 is 11.6 Å². The second-order valence-electron chi connectivity index (χ2n) is 3.52. The van der Waals surface area contributed by atoms with Crippen LogP contribution in [0.2, 0.25) is 0 Å². The number of carbonyl (C=O) groups excluding carboxylic acids is 2. The molecule has 0 atom stereocenters. The number of hydrogen-bond acceptors (Lipinski definition) is 3. The Labute approximate surface area is 115 Å². The van der Waals surface area contributed by atoms with Crippen LogP contribution in [-0.2, 0) is 4.79 Å². The molecule has 1 rings (SSSR count). The number of urea groups is 1. The summed E-state index contributed by atoms with van der Waals surface area (Å²) in [5, 5.41) is 4.39. The van der Waals surface area contributed by atoms with Gasteiger partial charge in [-0.2, -0.15) is 0 Å². The molecule has 1 aromatic carbocycles. The highest BCUT2D eigenvalue weighted by Gasteiger charge is 2.09. The predicted molar refractivity (Wildman–Crippen MR) is 70.1 cm³/mol. The van der Waals surface area contributed by atoms with Gasteiger partial charge >= 0.3 is 6.03 Å². The zero-order valence-corrected chi connectivity index (χ0v) is 11.1. The highest BCUT2D eigenvalue weighted by atomic mass is 35.5. The average Bonchev–Trinajstić information content (AvgIpc) is 2.32. The van der Waals surface area contributed by atoms with E-state index in [1.165, 1.54) is 12.1 Å². The van der Waals surface area contributed by atoms with Gasteiger partial charge in [-0.15, -0.1) is 11.6 Å². The van der Waals surface area contributed by atoms with Gasteiger partial charge in [0.2, 0.25) is 5.91 Å². The molecule has 0 aliphatic rings. The summed E-state index contributed by atoms with van der Waals surface area (Å²) in [4.78, 5) is 22.5. The summed E-state index contributed by atoms with van der Waals surface area (Å²) >= 11 is 5.35. The number of amides is 3. The van der Waals surface area contributed by atoms with Crippen LogP contribution in [0.25, 0.3) is 0 Å².